The molecule has 1 amide bonds. The molecule has 22 heavy (non-hydrogen) atoms. The van der Waals surface area contributed by atoms with Crippen molar-refractivity contribution >= 4 is 15.7 Å². The van der Waals surface area contributed by atoms with Crippen LogP contribution in [-0.2, 0) is 14.6 Å². The molecule has 0 radical (unpaired) electrons. The Morgan fingerprint density at radius 2 is 1.95 bits per heavy atom. The van der Waals surface area contributed by atoms with Crippen LogP contribution in [0.5, 0.6) is 0 Å². The van der Waals surface area contributed by atoms with Crippen molar-refractivity contribution in [1.82, 2.24) is 4.90 Å². The smallest absolute Gasteiger partial charge is 0.241 e. The van der Waals surface area contributed by atoms with Gasteiger partial charge in [0.1, 0.15) is 5.25 Å². The van der Waals surface area contributed by atoms with Gasteiger partial charge in [0.15, 0.2) is 9.84 Å². The van der Waals surface area contributed by atoms with Crippen LogP contribution in [0.3, 0.4) is 0 Å². The monoisotopic (exact) mass is 323 g/mol. The Morgan fingerprint density at radius 1 is 1.27 bits per heavy atom. The summed E-state index contributed by atoms with van der Waals surface area (Å²) >= 11 is 0. The van der Waals surface area contributed by atoms with E-state index >= 15 is 0 Å². The van der Waals surface area contributed by atoms with E-state index in [1.807, 2.05) is 6.07 Å². The molecule has 2 atom stereocenters. The molecule has 1 fully saturated rings. The molecule has 1 aliphatic heterocycles. The van der Waals surface area contributed by atoms with Gasteiger partial charge in [0.2, 0.25) is 5.91 Å². The predicted molar refractivity (Wildman–Crippen MR) is 88.5 cm³/mol. The van der Waals surface area contributed by atoms with E-state index in [1.54, 1.807) is 4.90 Å². The van der Waals surface area contributed by atoms with Crippen molar-refractivity contribution in [3.05, 3.63) is 34.9 Å². The maximum absolute atomic E-state index is 12.7. The average molecular weight is 323 g/mol. The first-order valence-electron chi connectivity index (χ1n) is 7.79. The fourth-order valence-electron chi connectivity index (χ4n) is 3.07. The van der Waals surface area contributed by atoms with Crippen LogP contribution in [0, 0.1) is 13.8 Å². The van der Waals surface area contributed by atoms with E-state index in [1.165, 1.54) is 18.1 Å². The second kappa shape index (κ2) is 6.41. The summed E-state index contributed by atoms with van der Waals surface area (Å²) in [6.07, 6.45) is 4.03. The number of rotatable bonds is 3. The maximum atomic E-state index is 12.7. The Morgan fingerprint density at radius 3 is 2.59 bits per heavy atom. The summed E-state index contributed by atoms with van der Waals surface area (Å²) in [6, 6.07) is 6.12. The van der Waals surface area contributed by atoms with E-state index < -0.39 is 15.1 Å². The molecule has 0 aromatic heterocycles. The Bertz CT molecular complexity index is 666. The zero-order valence-electron chi connectivity index (χ0n) is 13.8. The summed E-state index contributed by atoms with van der Waals surface area (Å²) in [4.78, 5) is 14.4. The maximum Gasteiger partial charge on any atom is 0.241 e. The number of hydrogen-bond donors (Lipinski definition) is 0. The molecule has 1 aromatic rings. The quantitative estimate of drug-likeness (QED) is 0.859. The first-order valence-corrected chi connectivity index (χ1v) is 9.74. The fraction of sp³-hybridized carbons (Fsp3) is 0.588. The molecule has 0 unspecified atom stereocenters. The molecule has 1 aromatic carbocycles. The molecule has 4 nitrogen and oxygen atoms in total. The normalized spacial score (nSPS) is 20.7. The highest BCUT2D eigenvalue weighted by molar-refractivity contribution is 7.92. The van der Waals surface area contributed by atoms with E-state index in [0.717, 1.165) is 31.1 Å². The highest BCUT2D eigenvalue weighted by atomic mass is 32.2. The van der Waals surface area contributed by atoms with Gasteiger partial charge in [0.25, 0.3) is 0 Å². The van der Waals surface area contributed by atoms with Gasteiger partial charge in [-0.1, -0.05) is 18.2 Å². The Hall–Kier alpha value is -1.36. The molecule has 1 aliphatic rings. The number of sulfone groups is 1. The zero-order chi connectivity index (χ0) is 16.5. The second-order valence-electron chi connectivity index (χ2n) is 6.30. The van der Waals surface area contributed by atoms with Crippen molar-refractivity contribution in [2.45, 2.75) is 51.3 Å². The van der Waals surface area contributed by atoms with Gasteiger partial charge in [0.05, 0.1) is 6.04 Å². The van der Waals surface area contributed by atoms with Crippen LogP contribution in [0.15, 0.2) is 18.2 Å². The van der Waals surface area contributed by atoms with E-state index in [9.17, 15) is 13.2 Å². The van der Waals surface area contributed by atoms with Gasteiger partial charge in [-0.15, -0.1) is 0 Å². The number of piperidine rings is 1. The van der Waals surface area contributed by atoms with Crippen LogP contribution in [0.25, 0.3) is 0 Å². The summed E-state index contributed by atoms with van der Waals surface area (Å²) in [6.45, 7) is 6.26. The molecule has 0 aliphatic carbocycles. The largest absolute Gasteiger partial charge is 0.335 e. The van der Waals surface area contributed by atoms with Crippen molar-refractivity contribution < 1.29 is 13.2 Å². The van der Waals surface area contributed by atoms with Gasteiger partial charge in [0, 0.05) is 12.8 Å². The lowest BCUT2D eigenvalue weighted by Gasteiger charge is -2.38. The van der Waals surface area contributed by atoms with Gasteiger partial charge >= 0.3 is 0 Å². The molecule has 0 saturated carbocycles. The van der Waals surface area contributed by atoms with Crippen LogP contribution >= 0.6 is 0 Å². The van der Waals surface area contributed by atoms with Gasteiger partial charge < -0.3 is 4.90 Å². The Labute approximate surface area is 133 Å². The first-order chi connectivity index (χ1) is 10.2. The van der Waals surface area contributed by atoms with Crippen molar-refractivity contribution in [2.75, 3.05) is 12.8 Å². The second-order valence-corrected chi connectivity index (χ2v) is 8.67. The topological polar surface area (TPSA) is 54.5 Å². The standard InChI is InChI=1S/C17H25NO3S/c1-12-8-7-9-15(13(12)2)16-10-5-6-11-18(16)17(19)14(3)22(4,20)21/h7-9,14,16H,5-6,10-11H2,1-4H3/t14-,16+/m0/s1. The Balaban J connectivity index is 2.37. The molecule has 2 rings (SSSR count). The number of nitrogens with zero attached hydrogens (tertiary/aromatic N) is 1. The van der Waals surface area contributed by atoms with Crippen LogP contribution in [0.4, 0.5) is 0 Å². The minimum absolute atomic E-state index is 0.00894. The molecular formula is C17H25NO3S. The van der Waals surface area contributed by atoms with E-state index in [4.69, 9.17) is 0 Å². The van der Waals surface area contributed by atoms with Crippen LogP contribution in [0.1, 0.15) is 48.9 Å². The minimum Gasteiger partial charge on any atom is -0.335 e. The van der Waals surface area contributed by atoms with E-state index in [-0.39, 0.29) is 11.9 Å². The van der Waals surface area contributed by atoms with Gasteiger partial charge in [-0.25, -0.2) is 8.42 Å². The van der Waals surface area contributed by atoms with Crippen LogP contribution in [0.2, 0.25) is 0 Å². The van der Waals surface area contributed by atoms with Crippen molar-refractivity contribution in [2.24, 2.45) is 0 Å². The van der Waals surface area contributed by atoms with Crippen LogP contribution < -0.4 is 0 Å². The molecular weight excluding hydrogens is 298 g/mol. The summed E-state index contributed by atoms with van der Waals surface area (Å²) in [5.74, 6) is -0.270. The summed E-state index contributed by atoms with van der Waals surface area (Å²) in [7, 11) is -3.37. The van der Waals surface area contributed by atoms with Gasteiger partial charge in [-0.2, -0.15) is 0 Å². The minimum atomic E-state index is -3.37. The lowest BCUT2D eigenvalue weighted by Crippen LogP contribution is -2.45. The SMILES string of the molecule is Cc1cccc([C@H]2CCCCN2C(=O)[C@H](C)S(C)(=O)=O)c1C. The number of benzene rings is 1. The molecule has 5 heteroatoms. The summed E-state index contributed by atoms with van der Waals surface area (Å²) in [5, 5.41) is -0.974. The third kappa shape index (κ3) is 3.35. The first kappa shape index (κ1) is 17.0. The average Bonchev–Trinajstić information content (AvgIpc) is 2.47. The lowest BCUT2D eigenvalue weighted by molar-refractivity contribution is -0.134. The number of hydrogen-bond acceptors (Lipinski definition) is 3. The van der Waals surface area contributed by atoms with E-state index in [2.05, 4.69) is 26.0 Å². The van der Waals surface area contributed by atoms with Gasteiger partial charge in [-0.3, -0.25) is 4.79 Å². The molecule has 0 spiro atoms. The molecule has 1 heterocycles. The third-order valence-electron chi connectivity index (χ3n) is 4.78. The number of aryl methyl sites for hydroxylation is 1. The number of carbonyl (C=O) groups excluding carboxylic acids is 1. The highest BCUT2D eigenvalue weighted by Gasteiger charge is 2.35. The Kier molecular flexibility index (Phi) is 4.95. The number of likely N-dealkylation sites (tertiary alicyclic amines) is 1. The number of carbonyl (C=O) groups is 1. The summed E-state index contributed by atoms with van der Waals surface area (Å²) < 4.78 is 23.5. The summed E-state index contributed by atoms with van der Waals surface area (Å²) in [5.41, 5.74) is 3.54. The number of amides is 1. The van der Waals surface area contributed by atoms with Crippen LogP contribution in [-0.4, -0.2) is 37.3 Å². The third-order valence-corrected chi connectivity index (χ3v) is 6.27. The molecule has 0 N–H and O–H groups in total. The zero-order valence-corrected chi connectivity index (χ0v) is 14.6. The lowest BCUT2D eigenvalue weighted by atomic mass is 9.90. The predicted octanol–water partition coefficient (Wildman–Crippen LogP) is 2.79. The molecule has 0 bridgehead atoms. The fourth-order valence-corrected chi connectivity index (χ4v) is 3.57. The highest BCUT2D eigenvalue weighted by Crippen LogP contribution is 2.34. The van der Waals surface area contributed by atoms with E-state index in [0.29, 0.717) is 6.54 Å². The van der Waals surface area contributed by atoms with Gasteiger partial charge in [-0.05, 0) is 56.7 Å². The van der Waals surface area contributed by atoms with Crippen molar-refractivity contribution in [3.8, 4) is 0 Å². The van der Waals surface area contributed by atoms with Crippen molar-refractivity contribution in [3.63, 3.8) is 0 Å². The molecule has 1 saturated heterocycles. The molecule has 122 valence electrons. The van der Waals surface area contributed by atoms with Crippen molar-refractivity contribution in [1.29, 1.82) is 0 Å².